The maximum atomic E-state index is 13.4. The Morgan fingerprint density at radius 1 is 0.950 bits per heavy atom. The molecule has 0 spiro atoms. The Kier molecular flexibility index (Phi) is 7.50. The molecule has 0 aliphatic carbocycles. The number of aromatic nitrogens is 1. The molecule has 1 aliphatic heterocycles. The molecular formula is C32H28N2O6. The molecule has 1 aromatic heterocycles. The smallest absolute Gasteiger partial charge is 0.295 e. The average Bonchev–Trinajstić information content (AvgIpc) is 3.22. The van der Waals surface area contributed by atoms with Crippen LogP contribution in [-0.4, -0.2) is 38.9 Å². The standard InChI is InChI=1S/C32H28N2O6/c1-20-15-24(11-13-26(20)40-19-21-7-4-3-5-8-21)30(36)28-29(23-10-12-25(35)27(16-23)39-2)34(32(38)31(28)37)18-22-9-6-14-33-17-22/h3-17,29,35-36H,18-19H2,1-2H3/b30-28+/t29-/m0/s1. The van der Waals surface area contributed by atoms with Gasteiger partial charge in [0.2, 0.25) is 0 Å². The van der Waals surface area contributed by atoms with Crippen molar-refractivity contribution >= 4 is 17.4 Å². The van der Waals surface area contributed by atoms with Crippen LogP contribution in [0.4, 0.5) is 0 Å². The van der Waals surface area contributed by atoms with Gasteiger partial charge in [-0.25, -0.2) is 0 Å². The Bertz CT molecular complexity index is 1580. The number of hydrogen-bond donors (Lipinski definition) is 2. The van der Waals surface area contributed by atoms with Crippen molar-refractivity contribution in [1.82, 2.24) is 9.88 Å². The number of hydrogen-bond acceptors (Lipinski definition) is 7. The van der Waals surface area contributed by atoms with Crippen LogP contribution in [0.1, 0.15) is 33.9 Å². The first kappa shape index (κ1) is 26.5. The molecule has 0 saturated carbocycles. The molecule has 1 amide bonds. The number of carbonyl (C=O) groups is 2. The van der Waals surface area contributed by atoms with Crippen LogP contribution >= 0.6 is 0 Å². The second-order valence-corrected chi connectivity index (χ2v) is 9.47. The van der Waals surface area contributed by atoms with Gasteiger partial charge in [0, 0.05) is 24.5 Å². The second-order valence-electron chi connectivity index (χ2n) is 9.47. The van der Waals surface area contributed by atoms with Gasteiger partial charge in [0.25, 0.3) is 11.7 Å². The molecule has 0 radical (unpaired) electrons. The van der Waals surface area contributed by atoms with Crippen LogP contribution in [0.5, 0.6) is 17.2 Å². The summed E-state index contributed by atoms with van der Waals surface area (Å²) in [4.78, 5) is 32.2. The quantitative estimate of drug-likeness (QED) is 0.179. The first-order chi connectivity index (χ1) is 19.4. The molecule has 8 heteroatoms. The van der Waals surface area contributed by atoms with Crippen molar-refractivity contribution in [2.24, 2.45) is 0 Å². The Morgan fingerprint density at radius 3 is 2.42 bits per heavy atom. The van der Waals surface area contributed by atoms with Crippen LogP contribution in [0.2, 0.25) is 0 Å². The number of phenols is 1. The van der Waals surface area contributed by atoms with E-state index in [0.717, 1.165) is 16.7 Å². The largest absolute Gasteiger partial charge is 0.507 e. The topological polar surface area (TPSA) is 109 Å². The normalized spacial score (nSPS) is 16.2. The lowest BCUT2D eigenvalue weighted by Gasteiger charge is -2.26. The van der Waals surface area contributed by atoms with Crippen molar-refractivity contribution in [3.8, 4) is 17.2 Å². The summed E-state index contributed by atoms with van der Waals surface area (Å²) in [6, 6.07) is 22.1. The molecule has 4 aromatic rings. The maximum Gasteiger partial charge on any atom is 0.295 e. The van der Waals surface area contributed by atoms with Gasteiger partial charge in [0.15, 0.2) is 11.5 Å². The first-order valence-corrected chi connectivity index (χ1v) is 12.7. The van der Waals surface area contributed by atoms with Gasteiger partial charge >= 0.3 is 0 Å². The molecule has 8 nitrogen and oxygen atoms in total. The number of ether oxygens (including phenoxy) is 2. The number of ketones is 1. The lowest BCUT2D eigenvalue weighted by Crippen LogP contribution is -2.29. The molecule has 40 heavy (non-hydrogen) atoms. The van der Waals surface area contributed by atoms with E-state index in [1.165, 1.54) is 18.1 Å². The molecule has 1 fully saturated rings. The minimum absolute atomic E-state index is 0.0565. The molecule has 1 aliphatic rings. The Labute approximate surface area is 231 Å². The Morgan fingerprint density at radius 2 is 1.73 bits per heavy atom. The monoisotopic (exact) mass is 536 g/mol. The number of aliphatic hydroxyl groups excluding tert-OH is 1. The molecular weight excluding hydrogens is 508 g/mol. The van der Waals surface area contributed by atoms with Gasteiger partial charge in [-0.15, -0.1) is 0 Å². The van der Waals surface area contributed by atoms with Gasteiger partial charge in [-0.1, -0.05) is 42.5 Å². The van der Waals surface area contributed by atoms with E-state index in [-0.39, 0.29) is 29.4 Å². The minimum atomic E-state index is -0.927. The summed E-state index contributed by atoms with van der Waals surface area (Å²) in [5, 5.41) is 21.6. The van der Waals surface area contributed by atoms with E-state index >= 15 is 0 Å². The number of Topliss-reactive ketones (excluding diaryl/α,β-unsaturated/α-hetero) is 1. The number of aliphatic hydroxyl groups is 1. The summed E-state index contributed by atoms with van der Waals surface area (Å²) >= 11 is 0. The third kappa shape index (κ3) is 5.24. The number of benzene rings is 3. The maximum absolute atomic E-state index is 13.4. The van der Waals surface area contributed by atoms with Crippen LogP contribution in [0.3, 0.4) is 0 Å². The number of aryl methyl sites for hydroxylation is 1. The average molecular weight is 537 g/mol. The Balaban J connectivity index is 1.54. The van der Waals surface area contributed by atoms with E-state index in [1.807, 2.05) is 37.3 Å². The van der Waals surface area contributed by atoms with Gasteiger partial charge < -0.3 is 24.6 Å². The molecule has 0 unspecified atom stereocenters. The fraction of sp³-hybridized carbons (Fsp3) is 0.156. The molecule has 5 rings (SSSR count). The van der Waals surface area contributed by atoms with Crippen molar-refractivity contribution in [2.45, 2.75) is 26.1 Å². The zero-order valence-electron chi connectivity index (χ0n) is 22.1. The van der Waals surface area contributed by atoms with Crippen molar-refractivity contribution in [1.29, 1.82) is 0 Å². The lowest BCUT2D eigenvalue weighted by atomic mass is 9.94. The fourth-order valence-electron chi connectivity index (χ4n) is 4.79. The number of pyridine rings is 1. The van der Waals surface area contributed by atoms with Crippen molar-refractivity contribution < 1.29 is 29.3 Å². The zero-order chi connectivity index (χ0) is 28.2. The minimum Gasteiger partial charge on any atom is -0.507 e. The summed E-state index contributed by atoms with van der Waals surface area (Å²) in [5.41, 5.74) is 3.31. The summed E-state index contributed by atoms with van der Waals surface area (Å²) in [6.07, 6.45) is 3.24. The number of methoxy groups -OCH3 is 1. The van der Waals surface area contributed by atoms with Crippen LogP contribution in [0.25, 0.3) is 5.76 Å². The van der Waals surface area contributed by atoms with Crippen LogP contribution in [0.15, 0.2) is 96.8 Å². The van der Waals surface area contributed by atoms with Gasteiger partial charge in [-0.05, 0) is 65.6 Å². The number of carbonyl (C=O) groups excluding carboxylic acids is 2. The van der Waals surface area contributed by atoms with Crippen LogP contribution in [0, 0.1) is 6.92 Å². The lowest BCUT2D eigenvalue weighted by molar-refractivity contribution is -0.140. The third-order valence-corrected chi connectivity index (χ3v) is 6.82. The predicted octanol–water partition coefficient (Wildman–Crippen LogP) is 5.31. The highest BCUT2D eigenvalue weighted by Crippen LogP contribution is 2.42. The van der Waals surface area contributed by atoms with Crippen molar-refractivity contribution in [2.75, 3.05) is 7.11 Å². The van der Waals surface area contributed by atoms with E-state index in [0.29, 0.717) is 23.5 Å². The fourth-order valence-corrected chi connectivity index (χ4v) is 4.79. The second kappa shape index (κ2) is 11.3. The predicted molar refractivity (Wildman–Crippen MR) is 149 cm³/mol. The molecule has 2 N–H and O–H groups in total. The third-order valence-electron chi connectivity index (χ3n) is 6.82. The van der Waals surface area contributed by atoms with Gasteiger partial charge in [-0.3, -0.25) is 14.6 Å². The van der Waals surface area contributed by atoms with Crippen molar-refractivity contribution in [3.63, 3.8) is 0 Å². The zero-order valence-corrected chi connectivity index (χ0v) is 22.1. The summed E-state index contributed by atoms with van der Waals surface area (Å²) < 4.78 is 11.2. The van der Waals surface area contributed by atoms with Gasteiger partial charge in [0.1, 0.15) is 18.1 Å². The van der Waals surface area contributed by atoms with Gasteiger partial charge in [-0.2, -0.15) is 0 Å². The SMILES string of the molecule is COc1cc([C@H]2/C(=C(\O)c3ccc(OCc4ccccc4)c(C)c3)C(=O)C(=O)N2Cc2cccnc2)ccc1O. The van der Waals surface area contributed by atoms with E-state index in [1.54, 1.807) is 54.9 Å². The molecule has 1 saturated heterocycles. The number of nitrogens with zero attached hydrogens (tertiary/aromatic N) is 2. The molecule has 0 bridgehead atoms. The summed E-state index contributed by atoms with van der Waals surface area (Å²) in [6.45, 7) is 2.32. The number of phenolic OH excluding ortho intramolecular Hbond substituents is 1. The van der Waals surface area contributed by atoms with E-state index < -0.39 is 17.7 Å². The Hall–Kier alpha value is -5.11. The molecule has 3 aromatic carbocycles. The summed E-state index contributed by atoms with van der Waals surface area (Å²) in [5.74, 6) is -1.13. The number of aromatic hydroxyl groups is 1. The number of rotatable bonds is 8. The number of amides is 1. The van der Waals surface area contributed by atoms with Crippen molar-refractivity contribution in [3.05, 3.63) is 125 Å². The first-order valence-electron chi connectivity index (χ1n) is 12.7. The molecule has 202 valence electrons. The van der Waals surface area contributed by atoms with Crippen LogP contribution < -0.4 is 9.47 Å². The summed E-state index contributed by atoms with van der Waals surface area (Å²) in [7, 11) is 1.41. The van der Waals surface area contributed by atoms with E-state index in [2.05, 4.69) is 4.98 Å². The van der Waals surface area contributed by atoms with E-state index in [4.69, 9.17) is 9.47 Å². The molecule has 1 atom stereocenters. The number of likely N-dealkylation sites (tertiary alicyclic amines) is 1. The van der Waals surface area contributed by atoms with Crippen LogP contribution in [-0.2, 0) is 22.7 Å². The highest BCUT2D eigenvalue weighted by atomic mass is 16.5. The van der Waals surface area contributed by atoms with E-state index in [9.17, 15) is 19.8 Å². The molecule has 2 heterocycles. The van der Waals surface area contributed by atoms with Gasteiger partial charge in [0.05, 0.1) is 18.7 Å². The highest BCUT2D eigenvalue weighted by molar-refractivity contribution is 6.46. The highest BCUT2D eigenvalue weighted by Gasteiger charge is 2.46.